The van der Waals surface area contributed by atoms with Crippen LogP contribution in [0.3, 0.4) is 0 Å². The van der Waals surface area contributed by atoms with Gasteiger partial charge < -0.3 is 14.3 Å². The molecule has 0 spiro atoms. The van der Waals surface area contributed by atoms with Crippen LogP contribution < -0.4 is 4.74 Å². The Balaban J connectivity index is 1.67. The summed E-state index contributed by atoms with van der Waals surface area (Å²) in [5, 5.41) is 16.7. The summed E-state index contributed by atoms with van der Waals surface area (Å²) in [6.07, 6.45) is 1.54. The third kappa shape index (κ3) is 2.66. The van der Waals surface area contributed by atoms with Crippen molar-refractivity contribution in [2.45, 2.75) is 0 Å². The van der Waals surface area contributed by atoms with Gasteiger partial charge in [0, 0.05) is 11.5 Å². The summed E-state index contributed by atoms with van der Waals surface area (Å²) in [7, 11) is 0. The molecule has 1 aromatic heterocycles. The van der Waals surface area contributed by atoms with Crippen molar-refractivity contribution in [1.82, 2.24) is 0 Å². The van der Waals surface area contributed by atoms with Crippen molar-refractivity contribution >= 4 is 49.3 Å². The first-order valence-corrected chi connectivity index (χ1v) is 9.95. The fourth-order valence-corrected chi connectivity index (χ4v) is 4.32. The van der Waals surface area contributed by atoms with Crippen LogP contribution in [0.4, 0.5) is 0 Å². The minimum Gasteiger partial charge on any atom is -0.508 e. The number of aromatic hydroxyl groups is 1. The Morgan fingerprint density at radius 2 is 1.45 bits per heavy atom. The molecule has 1 heterocycles. The Morgan fingerprint density at radius 1 is 0.742 bits per heavy atom. The number of phenols is 1. The molecule has 0 aliphatic heterocycles. The maximum atomic E-state index is 12.8. The molecule has 5 aromatic carbocycles. The molecule has 4 nitrogen and oxygen atoms in total. The molecule has 0 aliphatic carbocycles. The predicted molar refractivity (Wildman–Crippen MR) is 122 cm³/mol. The molecule has 0 amide bonds. The van der Waals surface area contributed by atoms with E-state index in [0.29, 0.717) is 16.9 Å². The highest BCUT2D eigenvalue weighted by atomic mass is 16.5. The van der Waals surface area contributed by atoms with Gasteiger partial charge >= 0.3 is 5.97 Å². The van der Waals surface area contributed by atoms with Crippen LogP contribution in [0, 0.1) is 0 Å². The number of carbonyl (C=O) groups excluding carboxylic acids is 1. The smallest absolute Gasteiger partial charge is 0.343 e. The average molecular weight is 404 g/mol. The van der Waals surface area contributed by atoms with E-state index >= 15 is 0 Å². The molecule has 0 atom stereocenters. The lowest BCUT2D eigenvalue weighted by Gasteiger charge is -2.11. The third-order valence-corrected chi connectivity index (χ3v) is 5.69. The molecule has 0 saturated carbocycles. The topological polar surface area (TPSA) is 59.7 Å². The molecular weight excluding hydrogens is 388 g/mol. The van der Waals surface area contributed by atoms with Gasteiger partial charge in [0.1, 0.15) is 17.1 Å². The molecule has 0 saturated heterocycles. The van der Waals surface area contributed by atoms with Gasteiger partial charge in [0.2, 0.25) is 0 Å². The van der Waals surface area contributed by atoms with Crippen molar-refractivity contribution in [3.8, 4) is 11.5 Å². The number of hydrogen-bond donors (Lipinski definition) is 1. The van der Waals surface area contributed by atoms with Gasteiger partial charge in [-0.3, -0.25) is 0 Å². The van der Waals surface area contributed by atoms with E-state index in [2.05, 4.69) is 24.3 Å². The van der Waals surface area contributed by atoms with E-state index in [1.807, 2.05) is 30.3 Å². The van der Waals surface area contributed by atoms with Gasteiger partial charge in [0.05, 0.1) is 17.2 Å². The second-order valence-corrected chi connectivity index (χ2v) is 7.49. The second kappa shape index (κ2) is 6.61. The summed E-state index contributed by atoms with van der Waals surface area (Å²) in [6, 6.07) is 26.1. The lowest BCUT2D eigenvalue weighted by atomic mass is 9.99. The molecule has 0 aliphatic rings. The first kappa shape index (κ1) is 17.5. The summed E-state index contributed by atoms with van der Waals surface area (Å²) in [4.78, 5) is 12.8. The van der Waals surface area contributed by atoms with Crippen LogP contribution in [0.15, 0.2) is 95.6 Å². The molecule has 1 N–H and O–H groups in total. The molecule has 6 rings (SSSR count). The number of hydrogen-bond acceptors (Lipinski definition) is 4. The van der Waals surface area contributed by atoms with Crippen molar-refractivity contribution in [3.05, 3.63) is 96.8 Å². The number of carbonyl (C=O) groups is 1. The van der Waals surface area contributed by atoms with Crippen molar-refractivity contribution < 1.29 is 19.1 Å². The fraction of sp³-hybridized carbons (Fsp3) is 0. The zero-order valence-corrected chi connectivity index (χ0v) is 16.3. The zero-order chi connectivity index (χ0) is 20.9. The molecule has 31 heavy (non-hydrogen) atoms. The van der Waals surface area contributed by atoms with Gasteiger partial charge in [-0.1, -0.05) is 48.5 Å². The summed E-state index contributed by atoms with van der Waals surface area (Å²) in [6.45, 7) is 0. The molecular formula is C27H16O4. The third-order valence-electron chi connectivity index (χ3n) is 5.69. The maximum Gasteiger partial charge on any atom is 0.343 e. The average Bonchev–Trinajstić information content (AvgIpc) is 3.19. The second-order valence-electron chi connectivity index (χ2n) is 7.49. The van der Waals surface area contributed by atoms with Gasteiger partial charge in [0.15, 0.2) is 0 Å². The SMILES string of the molecule is O=C(Oc1ccoc2c3ccccc3c3c4ccccc4cc3c12)c1ccc(O)cc1. The Kier molecular flexibility index (Phi) is 3.74. The van der Waals surface area contributed by atoms with Crippen LogP contribution in [0.25, 0.3) is 43.3 Å². The quantitative estimate of drug-likeness (QED) is 0.254. The molecule has 0 unspecified atom stereocenters. The molecule has 6 aromatic rings. The van der Waals surface area contributed by atoms with Crippen LogP contribution in [0.5, 0.6) is 11.5 Å². The van der Waals surface area contributed by atoms with Crippen molar-refractivity contribution in [2.75, 3.05) is 0 Å². The number of fused-ring (bicyclic) bond motifs is 8. The lowest BCUT2D eigenvalue weighted by Crippen LogP contribution is -2.08. The Hall–Kier alpha value is -4.31. The lowest BCUT2D eigenvalue weighted by molar-refractivity contribution is 0.0737. The van der Waals surface area contributed by atoms with Crippen LogP contribution >= 0.6 is 0 Å². The Labute approximate surface area is 176 Å². The first-order chi connectivity index (χ1) is 15.2. The maximum absolute atomic E-state index is 12.8. The molecule has 148 valence electrons. The minimum atomic E-state index is -0.495. The van der Waals surface area contributed by atoms with E-state index in [0.717, 1.165) is 37.7 Å². The van der Waals surface area contributed by atoms with Crippen molar-refractivity contribution in [2.24, 2.45) is 0 Å². The van der Waals surface area contributed by atoms with Gasteiger partial charge in [0.25, 0.3) is 0 Å². The highest BCUT2D eigenvalue weighted by molar-refractivity contribution is 6.33. The number of esters is 1. The molecule has 0 bridgehead atoms. The molecule has 0 fully saturated rings. The van der Waals surface area contributed by atoms with Crippen molar-refractivity contribution in [3.63, 3.8) is 0 Å². The van der Waals surface area contributed by atoms with Gasteiger partial charge in [-0.25, -0.2) is 4.79 Å². The standard InChI is InChI=1S/C27H16O4/c28-18-11-9-16(10-12-18)27(29)31-23-13-14-30-26-21-8-4-3-7-20(21)24-19-6-2-1-5-17(19)15-22(24)25(23)26/h1-15,28H. The number of benzene rings is 4. The predicted octanol–water partition coefficient (Wildman–Crippen LogP) is 6.82. The van der Waals surface area contributed by atoms with E-state index < -0.39 is 5.97 Å². The largest absolute Gasteiger partial charge is 0.508 e. The van der Waals surface area contributed by atoms with E-state index in [4.69, 9.17) is 9.15 Å². The number of rotatable bonds is 2. The number of ether oxygens (including phenoxy) is 1. The van der Waals surface area contributed by atoms with E-state index in [9.17, 15) is 9.90 Å². The van der Waals surface area contributed by atoms with E-state index in [1.165, 1.54) is 24.3 Å². The van der Waals surface area contributed by atoms with E-state index in [-0.39, 0.29) is 5.75 Å². The summed E-state index contributed by atoms with van der Waals surface area (Å²) >= 11 is 0. The van der Waals surface area contributed by atoms with E-state index in [1.54, 1.807) is 12.3 Å². The zero-order valence-electron chi connectivity index (χ0n) is 16.3. The highest BCUT2D eigenvalue weighted by Crippen LogP contribution is 2.43. The van der Waals surface area contributed by atoms with Crippen molar-refractivity contribution in [1.29, 1.82) is 0 Å². The van der Waals surface area contributed by atoms with Crippen LogP contribution in [0.1, 0.15) is 10.4 Å². The number of phenolic OH excluding ortho intramolecular Hbond substituents is 1. The highest BCUT2D eigenvalue weighted by Gasteiger charge is 2.19. The fourth-order valence-electron chi connectivity index (χ4n) is 4.32. The monoisotopic (exact) mass is 404 g/mol. The van der Waals surface area contributed by atoms with Crippen LogP contribution in [-0.4, -0.2) is 11.1 Å². The first-order valence-electron chi connectivity index (χ1n) is 9.95. The minimum absolute atomic E-state index is 0.0946. The Bertz CT molecular complexity index is 1620. The summed E-state index contributed by atoms with van der Waals surface area (Å²) < 4.78 is 11.8. The molecule has 0 radical (unpaired) electrons. The van der Waals surface area contributed by atoms with Gasteiger partial charge in [-0.2, -0.15) is 0 Å². The molecule has 4 heteroatoms. The van der Waals surface area contributed by atoms with Crippen LogP contribution in [0.2, 0.25) is 0 Å². The summed E-state index contributed by atoms with van der Waals surface area (Å²) in [5.74, 6) is 0.0347. The normalized spacial score (nSPS) is 11.5. The van der Waals surface area contributed by atoms with Gasteiger partial charge in [-0.05, 0) is 57.3 Å². The van der Waals surface area contributed by atoms with Crippen LogP contribution in [-0.2, 0) is 0 Å². The Morgan fingerprint density at radius 3 is 2.26 bits per heavy atom. The van der Waals surface area contributed by atoms with Gasteiger partial charge in [-0.15, -0.1) is 0 Å². The summed E-state index contributed by atoms with van der Waals surface area (Å²) in [5.41, 5.74) is 1.03.